The number of thioether (sulfide) groups is 1. The zero-order chi connectivity index (χ0) is 31.7. The molecule has 0 spiro atoms. The fraction of sp³-hybridized carbons (Fsp3) is 0.433. The van der Waals surface area contributed by atoms with Gasteiger partial charge >= 0.3 is 11.9 Å². The molecule has 44 heavy (non-hydrogen) atoms. The third kappa shape index (κ3) is 5.47. The maximum absolute atomic E-state index is 15.3. The quantitative estimate of drug-likeness (QED) is 0.183. The number of amides is 1. The SMILES string of the molecule is C=CC(=O)N1[C@H](C)CN(c2nc(=O)n3c4c(c(-c5cc(Cl)c(F)cc5F)c(C(F)(F)F)cc24)SC[C@@H](OC2CC2)C3)C[C@@H]1C. The topological polar surface area (TPSA) is 67.7 Å². The van der Waals surface area contributed by atoms with Crippen molar-refractivity contribution in [1.29, 1.82) is 0 Å². The van der Waals surface area contributed by atoms with E-state index in [2.05, 4.69) is 11.6 Å². The second-order valence-electron chi connectivity index (χ2n) is 11.4. The summed E-state index contributed by atoms with van der Waals surface area (Å²) in [6, 6.07) is 1.42. The van der Waals surface area contributed by atoms with Gasteiger partial charge in [0.2, 0.25) is 5.91 Å². The van der Waals surface area contributed by atoms with Crippen molar-refractivity contribution < 1.29 is 31.5 Å². The number of alkyl halides is 3. The molecule has 1 saturated carbocycles. The molecule has 14 heteroatoms. The minimum Gasteiger partial charge on any atom is -0.372 e. The molecule has 0 unspecified atom stereocenters. The summed E-state index contributed by atoms with van der Waals surface area (Å²) in [7, 11) is 0. The molecular weight excluding hydrogens is 627 g/mol. The van der Waals surface area contributed by atoms with E-state index in [0.29, 0.717) is 6.07 Å². The zero-order valence-electron chi connectivity index (χ0n) is 23.8. The van der Waals surface area contributed by atoms with Crippen LogP contribution in [-0.4, -0.2) is 63.5 Å². The van der Waals surface area contributed by atoms with Gasteiger partial charge in [-0.1, -0.05) is 18.2 Å². The third-order valence-electron chi connectivity index (χ3n) is 8.14. The van der Waals surface area contributed by atoms with Gasteiger partial charge in [0, 0.05) is 58.4 Å². The lowest BCUT2D eigenvalue weighted by Crippen LogP contribution is -2.58. The van der Waals surface area contributed by atoms with E-state index in [1.54, 1.807) is 23.6 Å². The molecule has 3 atom stereocenters. The first-order chi connectivity index (χ1) is 20.8. The van der Waals surface area contributed by atoms with Crippen LogP contribution in [0.15, 0.2) is 40.5 Å². The normalized spacial score (nSPS) is 22.3. The molecule has 0 bridgehead atoms. The average molecular weight is 655 g/mol. The maximum Gasteiger partial charge on any atom is 0.417 e. The molecule has 1 aliphatic carbocycles. The second-order valence-corrected chi connectivity index (χ2v) is 12.9. The average Bonchev–Trinajstić information content (AvgIpc) is 3.79. The Morgan fingerprint density at radius 2 is 1.77 bits per heavy atom. The number of nitrogens with zero attached hydrogens (tertiary/aromatic N) is 4. The highest BCUT2D eigenvalue weighted by Gasteiger charge is 2.41. The van der Waals surface area contributed by atoms with E-state index in [1.807, 2.05) is 0 Å². The van der Waals surface area contributed by atoms with Crippen molar-refractivity contribution in [3.05, 3.63) is 63.6 Å². The van der Waals surface area contributed by atoms with Crippen LogP contribution in [0.2, 0.25) is 5.02 Å². The molecule has 2 aliphatic heterocycles. The first-order valence-electron chi connectivity index (χ1n) is 14.1. The Kier molecular flexibility index (Phi) is 7.94. The van der Waals surface area contributed by atoms with E-state index < -0.39 is 51.3 Å². The Bertz CT molecular complexity index is 1730. The number of benzene rings is 2. The zero-order valence-corrected chi connectivity index (χ0v) is 25.3. The number of piperazine rings is 1. The van der Waals surface area contributed by atoms with Crippen LogP contribution in [0.5, 0.6) is 0 Å². The maximum atomic E-state index is 15.3. The molecule has 2 aromatic carbocycles. The molecule has 0 radical (unpaired) electrons. The standard InChI is InChI=1S/C30H28ClF5N4O3S/c1-4-24(41)40-14(2)10-38(11-15(40)3)28-19-7-20(30(34,35)36)25(18-8-21(31)23(33)9-22(18)32)27-26(19)39(29(42)37-28)12-17(13-44-27)43-16-5-6-16/h4,7-9,14-17H,1,5-6,10-13H2,2-3H3/t14-,15+,17-/m0/s1. The van der Waals surface area contributed by atoms with E-state index in [4.69, 9.17) is 16.3 Å². The number of halogens is 6. The Morgan fingerprint density at radius 3 is 2.39 bits per heavy atom. The van der Waals surface area contributed by atoms with Gasteiger partial charge in [0.1, 0.15) is 17.5 Å². The van der Waals surface area contributed by atoms with Gasteiger partial charge in [-0.2, -0.15) is 18.2 Å². The van der Waals surface area contributed by atoms with E-state index in [-0.39, 0.29) is 71.1 Å². The lowest BCUT2D eigenvalue weighted by atomic mass is 9.95. The van der Waals surface area contributed by atoms with Crippen LogP contribution in [-0.2, 0) is 22.3 Å². The molecule has 1 amide bonds. The van der Waals surface area contributed by atoms with Crippen LogP contribution in [0.25, 0.3) is 22.0 Å². The fourth-order valence-electron chi connectivity index (χ4n) is 6.18. The van der Waals surface area contributed by atoms with Crippen LogP contribution in [0.4, 0.5) is 27.8 Å². The highest BCUT2D eigenvalue weighted by atomic mass is 35.5. The van der Waals surface area contributed by atoms with Gasteiger partial charge in [0.15, 0.2) is 0 Å². The number of hydrogen-bond donors (Lipinski definition) is 0. The fourth-order valence-corrected chi connectivity index (χ4v) is 7.60. The number of aromatic nitrogens is 2. The van der Waals surface area contributed by atoms with E-state index >= 15 is 4.39 Å². The number of carbonyl (C=O) groups is 1. The van der Waals surface area contributed by atoms with Crippen LogP contribution in [0, 0.1) is 11.6 Å². The van der Waals surface area contributed by atoms with Gasteiger partial charge in [-0.25, -0.2) is 13.6 Å². The van der Waals surface area contributed by atoms with Gasteiger partial charge < -0.3 is 14.5 Å². The van der Waals surface area contributed by atoms with E-state index in [1.165, 1.54) is 10.6 Å². The van der Waals surface area contributed by atoms with Crippen molar-refractivity contribution in [2.24, 2.45) is 0 Å². The Labute approximate surface area is 258 Å². The molecule has 7 nitrogen and oxygen atoms in total. The van der Waals surface area contributed by atoms with Crippen molar-refractivity contribution in [3.63, 3.8) is 0 Å². The Morgan fingerprint density at radius 1 is 1.09 bits per heavy atom. The predicted molar refractivity (Wildman–Crippen MR) is 158 cm³/mol. The number of rotatable bonds is 5. The summed E-state index contributed by atoms with van der Waals surface area (Å²) in [6.07, 6.45) is -2.61. The van der Waals surface area contributed by atoms with Crippen molar-refractivity contribution in [2.45, 2.75) is 68.6 Å². The van der Waals surface area contributed by atoms with Crippen LogP contribution in [0.3, 0.4) is 0 Å². The first kappa shape index (κ1) is 30.8. The Balaban J connectivity index is 1.63. The monoisotopic (exact) mass is 654 g/mol. The molecule has 1 aromatic heterocycles. The van der Waals surface area contributed by atoms with Crippen LogP contribution < -0.4 is 10.6 Å². The number of carbonyl (C=O) groups excluding carboxylic acids is 1. The van der Waals surface area contributed by atoms with Crippen molar-refractivity contribution in [2.75, 3.05) is 23.7 Å². The summed E-state index contributed by atoms with van der Waals surface area (Å²) in [5.74, 6) is -2.41. The molecule has 3 aliphatic rings. The van der Waals surface area contributed by atoms with Crippen LogP contribution >= 0.6 is 23.4 Å². The summed E-state index contributed by atoms with van der Waals surface area (Å²) in [5.41, 5.74) is -2.79. The van der Waals surface area contributed by atoms with Crippen molar-refractivity contribution in [3.8, 4) is 11.1 Å². The molecule has 1 saturated heterocycles. The molecule has 3 aromatic rings. The molecule has 0 N–H and O–H groups in total. The first-order valence-corrected chi connectivity index (χ1v) is 15.5. The molecule has 3 heterocycles. The van der Waals surface area contributed by atoms with Gasteiger partial charge in [-0.3, -0.25) is 9.36 Å². The minimum absolute atomic E-state index is 0.000569. The molecule has 6 rings (SSSR count). The van der Waals surface area contributed by atoms with Crippen molar-refractivity contribution >= 4 is 46.0 Å². The number of hydrogen-bond acceptors (Lipinski definition) is 6. The molecular formula is C30H28ClF5N4O3S. The number of anilines is 1. The lowest BCUT2D eigenvalue weighted by molar-refractivity contribution is -0.137. The Hall–Kier alpha value is -3.16. The summed E-state index contributed by atoms with van der Waals surface area (Å²) in [4.78, 5) is 33.8. The van der Waals surface area contributed by atoms with E-state index in [0.717, 1.165) is 36.7 Å². The highest BCUT2D eigenvalue weighted by Crippen LogP contribution is 2.49. The van der Waals surface area contributed by atoms with Gasteiger partial charge in [0.25, 0.3) is 0 Å². The summed E-state index contributed by atoms with van der Waals surface area (Å²) >= 11 is 6.97. The molecule has 234 valence electrons. The van der Waals surface area contributed by atoms with E-state index in [9.17, 15) is 27.2 Å². The lowest BCUT2D eigenvalue weighted by Gasteiger charge is -2.44. The predicted octanol–water partition coefficient (Wildman–Crippen LogP) is 6.28. The van der Waals surface area contributed by atoms with Gasteiger partial charge in [0.05, 0.1) is 34.9 Å². The highest BCUT2D eigenvalue weighted by molar-refractivity contribution is 7.99. The summed E-state index contributed by atoms with van der Waals surface area (Å²) in [5, 5.41) is -0.495. The summed E-state index contributed by atoms with van der Waals surface area (Å²) < 4.78 is 81.5. The molecule has 2 fully saturated rings. The number of ether oxygens (including phenoxy) is 1. The third-order valence-corrected chi connectivity index (χ3v) is 9.65. The van der Waals surface area contributed by atoms with Gasteiger partial charge in [-0.15, -0.1) is 11.8 Å². The van der Waals surface area contributed by atoms with Crippen LogP contribution in [0.1, 0.15) is 32.3 Å². The second kappa shape index (κ2) is 11.3. The van der Waals surface area contributed by atoms with Gasteiger partial charge in [-0.05, 0) is 44.9 Å². The smallest absolute Gasteiger partial charge is 0.372 e. The largest absolute Gasteiger partial charge is 0.417 e. The van der Waals surface area contributed by atoms with Crippen molar-refractivity contribution in [1.82, 2.24) is 14.5 Å². The summed E-state index contributed by atoms with van der Waals surface area (Å²) in [6.45, 7) is 7.56. The minimum atomic E-state index is -4.97.